The maximum Gasteiger partial charge on any atom is 0.227 e. The van der Waals surface area contributed by atoms with Crippen LogP contribution in [0, 0.1) is 6.92 Å². The van der Waals surface area contributed by atoms with Crippen LogP contribution in [0.15, 0.2) is 84.1 Å². The van der Waals surface area contributed by atoms with Crippen LogP contribution in [0.5, 0.6) is 0 Å². The second-order valence-corrected chi connectivity index (χ2v) is 9.48. The average molecular weight is 471 g/mol. The topological polar surface area (TPSA) is 49.4 Å². The molecule has 0 fully saturated rings. The van der Waals surface area contributed by atoms with Gasteiger partial charge in [0.2, 0.25) is 5.91 Å². The van der Waals surface area contributed by atoms with Gasteiger partial charge in [0.1, 0.15) is 0 Å². The lowest BCUT2D eigenvalue weighted by Gasteiger charge is -2.35. The molecule has 3 aromatic rings. The minimum Gasteiger partial charge on any atom is -0.357 e. The third-order valence-corrected chi connectivity index (χ3v) is 7.01. The SMILES string of the molecule is CCC(=O)N1c2ccccc2NC2=C(C(=O)C[C@H](c3ccc(C)cc3)C2)[C@@H]1c1cccc(Cl)c1. The van der Waals surface area contributed by atoms with Crippen molar-refractivity contribution in [2.75, 3.05) is 10.2 Å². The van der Waals surface area contributed by atoms with Crippen molar-refractivity contribution in [3.63, 3.8) is 0 Å². The molecule has 1 amide bonds. The molecule has 4 nitrogen and oxygen atoms in total. The Bertz CT molecular complexity index is 1300. The number of fused-ring (bicyclic) bond motifs is 1. The molecule has 1 aliphatic heterocycles. The molecule has 172 valence electrons. The largest absolute Gasteiger partial charge is 0.357 e. The first kappa shape index (κ1) is 22.4. The molecule has 5 rings (SSSR count). The smallest absolute Gasteiger partial charge is 0.227 e. The number of Topliss-reactive ketones (excluding diaryl/α,β-unsaturated/α-hetero) is 1. The minimum absolute atomic E-state index is 0.0403. The number of ketones is 1. The Kier molecular flexibility index (Phi) is 6.01. The van der Waals surface area contributed by atoms with Gasteiger partial charge in [-0.05, 0) is 54.7 Å². The highest BCUT2D eigenvalue weighted by Gasteiger charge is 2.41. The lowest BCUT2D eigenvalue weighted by atomic mass is 9.78. The molecule has 1 heterocycles. The molecular weight excluding hydrogens is 444 g/mol. The van der Waals surface area contributed by atoms with E-state index in [9.17, 15) is 9.59 Å². The standard InChI is InChI=1S/C29H27ClN2O2/c1-3-27(34)32-25-10-5-4-9-23(25)31-24-16-21(19-13-11-18(2)12-14-19)17-26(33)28(24)29(32)20-7-6-8-22(30)15-20/h4-15,21,29,31H,3,16-17H2,1-2H3/t21-,29+/m1/s1. The number of carbonyl (C=O) groups excluding carboxylic acids is 2. The van der Waals surface area contributed by atoms with Crippen molar-refractivity contribution in [3.05, 3.63) is 106 Å². The third kappa shape index (κ3) is 4.03. The summed E-state index contributed by atoms with van der Waals surface area (Å²) in [5, 5.41) is 4.14. The summed E-state index contributed by atoms with van der Waals surface area (Å²) in [6.45, 7) is 3.92. The molecule has 0 bridgehead atoms. The quantitative estimate of drug-likeness (QED) is 0.450. The molecule has 0 spiro atoms. The van der Waals surface area contributed by atoms with Crippen molar-refractivity contribution in [2.24, 2.45) is 0 Å². The van der Waals surface area contributed by atoms with Crippen molar-refractivity contribution >= 4 is 34.7 Å². The summed E-state index contributed by atoms with van der Waals surface area (Å²) in [5.41, 5.74) is 6.33. The number of allylic oxidation sites excluding steroid dienone is 1. The Labute approximate surface area is 205 Å². The zero-order chi connectivity index (χ0) is 23.8. The number of hydrogen-bond donors (Lipinski definition) is 1. The van der Waals surface area contributed by atoms with Crippen molar-refractivity contribution in [1.29, 1.82) is 0 Å². The molecule has 34 heavy (non-hydrogen) atoms. The van der Waals surface area contributed by atoms with E-state index in [4.69, 9.17) is 11.6 Å². The van der Waals surface area contributed by atoms with Gasteiger partial charge in [0.05, 0.1) is 17.4 Å². The van der Waals surface area contributed by atoms with E-state index in [1.807, 2.05) is 55.5 Å². The molecule has 0 saturated heterocycles. The molecule has 5 heteroatoms. The Morgan fingerprint density at radius 2 is 1.76 bits per heavy atom. The van der Waals surface area contributed by atoms with Crippen LogP contribution in [-0.4, -0.2) is 11.7 Å². The predicted molar refractivity (Wildman–Crippen MR) is 137 cm³/mol. The lowest BCUT2D eigenvalue weighted by Crippen LogP contribution is -2.38. The highest BCUT2D eigenvalue weighted by atomic mass is 35.5. The van der Waals surface area contributed by atoms with Crippen LogP contribution in [0.2, 0.25) is 5.02 Å². The molecule has 3 aromatic carbocycles. The first-order valence-corrected chi connectivity index (χ1v) is 12.1. The van der Waals surface area contributed by atoms with Gasteiger partial charge >= 0.3 is 0 Å². The van der Waals surface area contributed by atoms with Crippen LogP contribution in [0.3, 0.4) is 0 Å². The molecule has 0 aromatic heterocycles. The van der Waals surface area contributed by atoms with E-state index in [0.29, 0.717) is 29.9 Å². The summed E-state index contributed by atoms with van der Waals surface area (Å²) < 4.78 is 0. The summed E-state index contributed by atoms with van der Waals surface area (Å²) in [7, 11) is 0. The zero-order valence-corrected chi connectivity index (χ0v) is 20.1. The van der Waals surface area contributed by atoms with E-state index >= 15 is 0 Å². The van der Waals surface area contributed by atoms with E-state index in [1.165, 1.54) is 5.56 Å². The fourth-order valence-corrected chi connectivity index (χ4v) is 5.30. The summed E-state index contributed by atoms with van der Waals surface area (Å²) in [5.74, 6) is 0.104. The van der Waals surface area contributed by atoms with E-state index in [2.05, 4.69) is 36.5 Å². The number of nitrogens with zero attached hydrogens (tertiary/aromatic N) is 1. The fourth-order valence-electron chi connectivity index (χ4n) is 5.10. The molecular formula is C29H27ClN2O2. The predicted octanol–water partition coefficient (Wildman–Crippen LogP) is 6.96. The third-order valence-electron chi connectivity index (χ3n) is 6.77. The van der Waals surface area contributed by atoms with Gasteiger partial charge in [-0.15, -0.1) is 0 Å². The molecule has 0 saturated carbocycles. The van der Waals surface area contributed by atoms with Gasteiger partial charge in [0.15, 0.2) is 5.78 Å². The van der Waals surface area contributed by atoms with Crippen LogP contribution in [0.1, 0.15) is 54.8 Å². The van der Waals surface area contributed by atoms with Crippen molar-refractivity contribution in [3.8, 4) is 0 Å². The molecule has 1 aliphatic carbocycles. The van der Waals surface area contributed by atoms with Gasteiger partial charge in [0, 0.05) is 29.1 Å². The van der Waals surface area contributed by atoms with Crippen LogP contribution < -0.4 is 10.2 Å². The number of benzene rings is 3. The zero-order valence-electron chi connectivity index (χ0n) is 19.3. The number of nitrogens with one attached hydrogen (secondary N) is 1. The maximum atomic E-state index is 13.8. The van der Waals surface area contributed by atoms with E-state index < -0.39 is 6.04 Å². The molecule has 0 radical (unpaired) electrons. The fraction of sp³-hybridized carbons (Fsp3) is 0.241. The van der Waals surface area contributed by atoms with Crippen molar-refractivity contribution in [1.82, 2.24) is 0 Å². The van der Waals surface area contributed by atoms with Crippen molar-refractivity contribution in [2.45, 2.75) is 45.1 Å². The monoisotopic (exact) mass is 470 g/mol. The van der Waals surface area contributed by atoms with Crippen LogP contribution >= 0.6 is 11.6 Å². The second-order valence-electron chi connectivity index (χ2n) is 9.05. The van der Waals surface area contributed by atoms with Crippen LogP contribution in [-0.2, 0) is 9.59 Å². The highest BCUT2D eigenvalue weighted by molar-refractivity contribution is 6.30. The van der Waals surface area contributed by atoms with Gasteiger partial charge in [-0.2, -0.15) is 0 Å². The van der Waals surface area contributed by atoms with E-state index in [-0.39, 0.29) is 17.6 Å². The van der Waals surface area contributed by atoms with Crippen molar-refractivity contribution < 1.29 is 9.59 Å². The molecule has 2 atom stereocenters. The summed E-state index contributed by atoms with van der Waals surface area (Å²) in [4.78, 5) is 29.0. The number of amides is 1. The number of halogens is 1. The summed E-state index contributed by atoms with van der Waals surface area (Å²) in [6.07, 6.45) is 1.43. The normalized spacial score (nSPS) is 19.7. The van der Waals surface area contributed by atoms with Gasteiger partial charge in [-0.3, -0.25) is 14.5 Å². The number of aryl methyl sites for hydroxylation is 1. The Morgan fingerprint density at radius 3 is 2.50 bits per heavy atom. The van der Waals surface area contributed by atoms with E-state index in [1.54, 1.807) is 4.90 Å². The molecule has 2 aliphatic rings. The summed E-state index contributed by atoms with van der Waals surface area (Å²) >= 11 is 6.37. The molecule has 0 unspecified atom stereocenters. The minimum atomic E-state index is -0.538. The highest BCUT2D eigenvalue weighted by Crippen LogP contribution is 2.47. The van der Waals surface area contributed by atoms with Gasteiger partial charge < -0.3 is 5.32 Å². The Hall–Kier alpha value is -3.37. The number of rotatable bonds is 3. The van der Waals surface area contributed by atoms with Gasteiger partial charge in [0.25, 0.3) is 0 Å². The lowest BCUT2D eigenvalue weighted by molar-refractivity contribution is -0.119. The molecule has 1 N–H and O–H groups in total. The average Bonchev–Trinajstić information content (AvgIpc) is 2.98. The van der Waals surface area contributed by atoms with Gasteiger partial charge in [-0.1, -0.05) is 72.6 Å². The Balaban J connectivity index is 1.70. The number of hydrogen-bond acceptors (Lipinski definition) is 3. The maximum absolute atomic E-state index is 13.8. The van der Waals surface area contributed by atoms with Gasteiger partial charge in [-0.25, -0.2) is 0 Å². The number of carbonyl (C=O) groups is 2. The summed E-state index contributed by atoms with van der Waals surface area (Å²) in [6, 6.07) is 23.2. The van der Waals surface area contributed by atoms with Crippen LogP contribution in [0.25, 0.3) is 0 Å². The van der Waals surface area contributed by atoms with Crippen LogP contribution in [0.4, 0.5) is 11.4 Å². The first-order valence-electron chi connectivity index (χ1n) is 11.7. The Morgan fingerprint density at radius 1 is 1.00 bits per heavy atom. The number of para-hydroxylation sites is 2. The second kappa shape index (κ2) is 9.11. The van der Waals surface area contributed by atoms with E-state index in [0.717, 1.165) is 28.2 Å². The number of anilines is 2. The first-order chi connectivity index (χ1) is 16.5.